The summed E-state index contributed by atoms with van der Waals surface area (Å²) in [6.45, 7) is 6.28. The molecule has 2 N–H and O–H groups in total. The number of nitrogens with one attached hydrogen (secondary N) is 1. The quantitative estimate of drug-likeness (QED) is 0.370. The predicted molar refractivity (Wildman–Crippen MR) is 132 cm³/mol. The van der Waals surface area contributed by atoms with Gasteiger partial charge in [-0.15, -0.1) is 0 Å². The molecule has 2 atom stereocenters. The molecule has 190 valence electrons. The van der Waals surface area contributed by atoms with Crippen molar-refractivity contribution in [3.63, 3.8) is 0 Å². The van der Waals surface area contributed by atoms with Crippen LogP contribution in [0.5, 0.6) is 0 Å². The minimum atomic E-state index is -1.24. The van der Waals surface area contributed by atoms with E-state index < -0.39 is 28.6 Å². The Morgan fingerprint density at radius 1 is 1.31 bits per heavy atom. The Bertz CT molecular complexity index is 1460. The van der Waals surface area contributed by atoms with Crippen molar-refractivity contribution < 1.29 is 28.2 Å². The molecule has 4 aromatic rings. The molecule has 0 unspecified atom stereocenters. The highest BCUT2D eigenvalue weighted by Gasteiger charge is 2.42. The molecular weight excluding hydrogens is 468 g/mol. The van der Waals surface area contributed by atoms with Gasteiger partial charge in [-0.05, 0) is 49.6 Å². The van der Waals surface area contributed by atoms with Gasteiger partial charge in [0.1, 0.15) is 0 Å². The molecule has 9 heteroatoms. The van der Waals surface area contributed by atoms with E-state index >= 15 is 0 Å². The summed E-state index contributed by atoms with van der Waals surface area (Å²) in [5.74, 6) is -2.95. The number of aliphatic carboxylic acids is 1. The first kappa shape index (κ1) is 24.4. The second-order valence-electron chi connectivity index (χ2n) is 10.4. The second kappa shape index (κ2) is 8.67. The third-order valence-corrected chi connectivity index (χ3v) is 7.31. The third kappa shape index (κ3) is 3.87. The van der Waals surface area contributed by atoms with Crippen LogP contribution in [0.1, 0.15) is 50.8 Å². The monoisotopic (exact) mass is 497 g/mol. The molecule has 0 amide bonds. The van der Waals surface area contributed by atoms with E-state index in [0.717, 1.165) is 39.1 Å². The molecule has 7 nitrogen and oxygen atoms in total. The minimum absolute atomic E-state index is 0.113. The van der Waals surface area contributed by atoms with Crippen LogP contribution in [0.25, 0.3) is 27.5 Å². The normalized spacial score (nSPS) is 20.9. The molecule has 2 aromatic carbocycles. The number of nitrogens with zero attached hydrogens (tertiary/aromatic N) is 2. The van der Waals surface area contributed by atoms with Crippen molar-refractivity contribution >= 4 is 27.8 Å². The number of rotatable bonds is 6. The zero-order valence-corrected chi connectivity index (χ0v) is 20.7. The number of fused-ring (bicyclic) bond motifs is 2. The second-order valence-corrected chi connectivity index (χ2v) is 10.4. The van der Waals surface area contributed by atoms with E-state index in [1.54, 1.807) is 26.3 Å². The molecule has 36 heavy (non-hydrogen) atoms. The lowest BCUT2D eigenvalue weighted by atomic mass is 9.79. The van der Waals surface area contributed by atoms with Crippen LogP contribution in [0.2, 0.25) is 0 Å². The summed E-state index contributed by atoms with van der Waals surface area (Å²) in [5.41, 5.74) is 2.24. The third-order valence-electron chi connectivity index (χ3n) is 7.31. The first-order chi connectivity index (χ1) is 17.1. The van der Waals surface area contributed by atoms with Crippen LogP contribution in [0.4, 0.5) is 8.78 Å². The maximum absolute atomic E-state index is 14.5. The number of benzene rings is 2. The summed E-state index contributed by atoms with van der Waals surface area (Å²) in [6.07, 6.45) is 2.66. The number of methoxy groups -OCH3 is 1. The van der Waals surface area contributed by atoms with E-state index in [9.17, 15) is 18.7 Å². The predicted octanol–water partition coefficient (Wildman–Crippen LogP) is 5.45. The highest BCUT2D eigenvalue weighted by molar-refractivity contribution is 5.99. The number of aromatic nitrogens is 3. The lowest BCUT2D eigenvalue weighted by Crippen LogP contribution is -2.43. The smallest absolute Gasteiger partial charge is 0.335 e. The van der Waals surface area contributed by atoms with Gasteiger partial charge in [-0.1, -0.05) is 13.8 Å². The van der Waals surface area contributed by atoms with Gasteiger partial charge in [0.05, 0.1) is 30.4 Å². The summed E-state index contributed by atoms with van der Waals surface area (Å²) >= 11 is 0. The molecule has 0 radical (unpaired) electrons. The summed E-state index contributed by atoms with van der Waals surface area (Å²) in [5, 5.41) is 18.6. The number of carbonyl (C=O) groups is 1. The van der Waals surface area contributed by atoms with Crippen molar-refractivity contribution in [2.24, 2.45) is 0 Å². The van der Waals surface area contributed by atoms with Gasteiger partial charge < -0.3 is 19.1 Å². The number of ether oxygens (including phenoxy) is 2. The van der Waals surface area contributed by atoms with E-state index in [-0.39, 0.29) is 12.5 Å². The number of H-pyrrole nitrogens is 1. The van der Waals surface area contributed by atoms with Crippen molar-refractivity contribution in [3.8, 4) is 5.69 Å². The Kier molecular flexibility index (Phi) is 5.88. The van der Waals surface area contributed by atoms with Crippen molar-refractivity contribution in [2.75, 3.05) is 20.3 Å². The van der Waals surface area contributed by atoms with Crippen LogP contribution in [0, 0.1) is 11.6 Å². The first-order valence-corrected chi connectivity index (χ1v) is 11.9. The molecule has 0 spiro atoms. The maximum atomic E-state index is 14.5. The van der Waals surface area contributed by atoms with Crippen molar-refractivity contribution in [3.05, 3.63) is 59.4 Å². The number of hydrogen-bond acceptors (Lipinski definition) is 4. The molecule has 2 aromatic heterocycles. The molecule has 1 aliphatic heterocycles. The highest BCUT2D eigenvalue weighted by atomic mass is 19.2. The zero-order chi connectivity index (χ0) is 25.8. The fraction of sp³-hybridized carbons (Fsp3) is 0.407. The van der Waals surface area contributed by atoms with E-state index in [1.165, 1.54) is 6.07 Å². The van der Waals surface area contributed by atoms with E-state index in [4.69, 9.17) is 9.47 Å². The first-order valence-electron chi connectivity index (χ1n) is 11.9. The molecular formula is C27H29F2N3O4. The number of aromatic amines is 1. The van der Waals surface area contributed by atoms with Crippen LogP contribution >= 0.6 is 0 Å². The highest BCUT2D eigenvalue weighted by Crippen LogP contribution is 2.46. The van der Waals surface area contributed by atoms with Crippen molar-refractivity contribution in [2.45, 2.75) is 50.5 Å². The van der Waals surface area contributed by atoms with E-state index in [0.29, 0.717) is 25.1 Å². The fourth-order valence-corrected chi connectivity index (χ4v) is 5.44. The van der Waals surface area contributed by atoms with Gasteiger partial charge >= 0.3 is 5.97 Å². The van der Waals surface area contributed by atoms with Crippen LogP contribution in [0.3, 0.4) is 0 Å². The Balaban J connectivity index is 1.82. The van der Waals surface area contributed by atoms with Gasteiger partial charge in [-0.3, -0.25) is 5.10 Å². The molecule has 0 bridgehead atoms. The molecule has 0 aliphatic carbocycles. The topological polar surface area (TPSA) is 89.4 Å². The maximum Gasteiger partial charge on any atom is 0.335 e. The Morgan fingerprint density at radius 2 is 2.08 bits per heavy atom. The largest absolute Gasteiger partial charge is 0.479 e. The van der Waals surface area contributed by atoms with Crippen molar-refractivity contribution in [1.82, 2.24) is 14.8 Å². The Morgan fingerprint density at radius 3 is 2.72 bits per heavy atom. The SMILES string of the molecule is COCC(C)(C)c1c([C@@H]2CC[C@@](C)(C(=O)O)OC2)c2cc3[nH]ncc3cc2n1-c1ccc(F)c(F)c1. The lowest BCUT2D eigenvalue weighted by molar-refractivity contribution is -0.170. The average molecular weight is 498 g/mol. The average Bonchev–Trinajstić information content (AvgIpc) is 3.42. The van der Waals surface area contributed by atoms with Gasteiger partial charge in [0.2, 0.25) is 0 Å². The van der Waals surface area contributed by atoms with Crippen LogP contribution in [-0.2, 0) is 19.7 Å². The summed E-state index contributed by atoms with van der Waals surface area (Å²) < 4.78 is 41.8. The number of halogens is 2. The van der Waals surface area contributed by atoms with Crippen LogP contribution < -0.4 is 0 Å². The lowest BCUT2D eigenvalue weighted by Gasteiger charge is -2.36. The standard InChI is InChI=1S/C27H29F2N3O4/c1-26(2,14-35-4)24-23(15-7-8-27(3,25(33)34)36-13-15)18-11-21-16(12-30-31-21)9-22(18)32(24)17-5-6-19(28)20(29)10-17/h5-6,9-12,15H,7-8,13-14H2,1-4H3,(H,30,31)(H,33,34)/t15-,27+/m1/s1. The summed E-state index contributed by atoms with van der Waals surface area (Å²) in [4.78, 5) is 11.8. The van der Waals surface area contributed by atoms with Gasteiger partial charge in [0, 0.05) is 46.7 Å². The molecule has 3 heterocycles. The number of carboxylic acids is 1. The van der Waals surface area contributed by atoms with Gasteiger partial charge in [0.15, 0.2) is 17.2 Å². The molecule has 5 rings (SSSR count). The van der Waals surface area contributed by atoms with Gasteiger partial charge in [0.25, 0.3) is 0 Å². The van der Waals surface area contributed by atoms with Crippen LogP contribution in [0.15, 0.2) is 36.5 Å². The Hall–Kier alpha value is -3.30. The molecule has 1 aliphatic rings. The van der Waals surface area contributed by atoms with E-state index in [1.807, 2.05) is 30.5 Å². The zero-order valence-electron chi connectivity index (χ0n) is 20.7. The van der Waals surface area contributed by atoms with Gasteiger partial charge in [-0.2, -0.15) is 5.10 Å². The minimum Gasteiger partial charge on any atom is -0.479 e. The van der Waals surface area contributed by atoms with Gasteiger partial charge in [-0.25, -0.2) is 13.6 Å². The molecule has 0 saturated carbocycles. The Labute approximate surface area is 207 Å². The molecule has 1 fully saturated rings. The fourth-order valence-electron chi connectivity index (χ4n) is 5.44. The van der Waals surface area contributed by atoms with Crippen LogP contribution in [-0.4, -0.2) is 51.8 Å². The summed E-state index contributed by atoms with van der Waals surface area (Å²) in [6, 6.07) is 7.88. The summed E-state index contributed by atoms with van der Waals surface area (Å²) in [7, 11) is 1.63. The van der Waals surface area contributed by atoms with Crippen molar-refractivity contribution in [1.29, 1.82) is 0 Å². The van der Waals surface area contributed by atoms with E-state index in [2.05, 4.69) is 10.2 Å². The molecule has 1 saturated heterocycles. The number of carboxylic acid groups (broad SMARTS) is 1. The number of hydrogen-bond donors (Lipinski definition) is 2.